The summed E-state index contributed by atoms with van der Waals surface area (Å²) < 4.78 is 30.6. The fourth-order valence-corrected chi connectivity index (χ4v) is 1.88. The van der Waals surface area contributed by atoms with Crippen LogP contribution in [0, 0.1) is 0 Å². The fourth-order valence-electron chi connectivity index (χ4n) is 1.03. The molecule has 1 heterocycles. The Labute approximate surface area is 95.4 Å². The lowest BCUT2D eigenvalue weighted by Crippen LogP contribution is -2.28. The van der Waals surface area contributed by atoms with Crippen LogP contribution < -0.4 is 4.72 Å². The van der Waals surface area contributed by atoms with Crippen LogP contribution in [0.2, 0.25) is 0 Å². The Morgan fingerprint density at radius 1 is 1.56 bits per heavy atom. The van der Waals surface area contributed by atoms with Gasteiger partial charge in [-0.3, -0.25) is 5.10 Å². The minimum atomic E-state index is -3.27. The van der Waals surface area contributed by atoms with Crippen molar-refractivity contribution in [3.8, 4) is 0 Å². The topological polar surface area (TPSA) is 84.1 Å². The maximum Gasteiger partial charge on any atom is 0.214 e. The van der Waals surface area contributed by atoms with E-state index in [9.17, 15) is 8.42 Å². The maximum atomic E-state index is 11.5. The summed E-state index contributed by atoms with van der Waals surface area (Å²) in [5.41, 5.74) is 0.799. The Hall–Kier alpha value is -0.920. The van der Waals surface area contributed by atoms with E-state index in [1.54, 1.807) is 12.4 Å². The highest BCUT2D eigenvalue weighted by Gasteiger charge is 2.10. The van der Waals surface area contributed by atoms with Gasteiger partial charge in [-0.2, -0.15) is 5.10 Å². The standard InChI is InChI=1S/C9H17N3O3S/c1-8(2)15-3-4-16(13,14)12-7-9-5-10-11-6-9/h5-6,8,12H,3-4,7H2,1-2H3,(H,10,11). The molecule has 0 saturated carbocycles. The highest BCUT2D eigenvalue weighted by Crippen LogP contribution is 1.96. The molecule has 0 fully saturated rings. The van der Waals surface area contributed by atoms with E-state index in [0.717, 1.165) is 5.56 Å². The number of hydrogen-bond donors (Lipinski definition) is 2. The van der Waals surface area contributed by atoms with E-state index in [1.165, 1.54) is 0 Å². The van der Waals surface area contributed by atoms with Gasteiger partial charge >= 0.3 is 0 Å². The average molecular weight is 247 g/mol. The SMILES string of the molecule is CC(C)OCCS(=O)(=O)NCc1cn[nH]c1. The molecular weight excluding hydrogens is 230 g/mol. The van der Waals surface area contributed by atoms with E-state index in [-0.39, 0.29) is 25.0 Å². The number of nitrogens with one attached hydrogen (secondary N) is 2. The first kappa shape index (κ1) is 13.1. The van der Waals surface area contributed by atoms with E-state index < -0.39 is 10.0 Å². The Morgan fingerprint density at radius 2 is 2.31 bits per heavy atom. The van der Waals surface area contributed by atoms with Crippen molar-refractivity contribution in [1.82, 2.24) is 14.9 Å². The minimum absolute atomic E-state index is 0.0248. The molecule has 0 radical (unpaired) electrons. The number of H-pyrrole nitrogens is 1. The van der Waals surface area contributed by atoms with Gasteiger partial charge in [0.1, 0.15) is 0 Å². The number of sulfonamides is 1. The smallest absolute Gasteiger partial charge is 0.214 e. The van der Waals surface area contributed by atoms with Crippen molar-refractivity contribution in [3.05, 3.63) is 18.0 Å². The zero-order valence-corrected chi connectivity index (χ0v) is 10.3. The zero-order valence-electron chi connectivity index (χ0n) is 9.43. The second-order valence-electron chi connectivity index (χ2n) is 3.67. The molecule has 0 spiro atoms. The van der Waals surface area contributed by atoms with Crippen LogP contribution in [0.4, 0.5) is 0 Å². The van der Waals surface area contributed by atoms with Gasteiger partial charge in [0.25, 0.3) is 0 Å². The second kappa shape index (κ2) is 5.97. The molecule has 6 nitrogen and oxygen atoms in total. The maximum absolute atomic E-state index is 11.5. The van der Waals surface area contributed by atoms with Crippen LogP contribution in [0.3, 0.4) is 0 Å². The van der Waals surface area contributed by atoms with Crippen molar-refractivity contribution >= 4 is 10.0 Å². The Bertz CT molecular complexity index is 386. The molecule has 0 aliphatic heterocycles. The van der Waals surface area contributed by atoms with Crippen LogP contribution in [-0.2, 0) is 21.3 Å². The molecule has 0 unspecified atom stereocenters. The number of aromatic amines is 1. The third kappa shape index (κ3) is 5.24. The summed E-state index contributed by atoms with van der Waals surface area (Å²) in [5.74, 6) is -0.0248. The predicted molar refractivity (Wildman–Crippen MR) is 60.3 cm³/mol. The van der Waals surface area contributed by atoms with Crippen molar-refractivity contribution < 1.29 is 13.2 Å². The summed E-state index contributed by atoms with van der Waals surface area (Å²) in [7, 11) is -3.27. The van der Waals surface area contributed by atoms with Gasteiger partial charge in [0.15, 0.2) is 0 Å². The molecule has 0 aliphatic rings. The molecule has 1 aromatic rings. The number of ether oxygens (including phenoxy) is 1. The number of nitrogens with zero attached hydrogens (tertiary/aromatic N) is 1. The van der Waals surface area contributed by atoms with Gasteiger partial charge in [0.2, 0.25) is 10.0 Å². The summed E-state index contributed by atoms with van der Waals surface area (Å²) in [5, 5.41) is 6.34. The van der Waals surface area contributed by atoms with Crippen molar-refractivity contribution in [2.24, 2.45) is 0 Å². The van der Waals surface area contributed by atoms with Crippen LogP contribution in [0.15, 0.2) is 12.4 Å². The minimum Gasteiger partial charge on any atom is -0.378 e. The van der Waals surface area contributed by atoms with Gasteiger partial charge in [-0.05, 0) is 13.8 Å². The molecule has 16 heavy (non-hydrogen) atoms. The van der Waals surface area contributed by atoms with Crippen LogP contribution in [0.25, 0.3) is 0 Å². The van der Waals surface area contributed by atoms with Gasteiger partial charge in [-0.15, -0.1) is 0 Å². The van der Waals surface area contributed by atoms with Gasteiger partial charge in [-0.25, -0.2) is 13.1 Å². The number of aromatic nitrogens is 2. The summed E-state index contributed by atoms with van der Waals surface area (Å²) in [6, 6.07) is 0. The van der Waals surface area contributed by atoms with Gasteiger partial charge in [0.05, 0.1) is 24.7 Å². The first-order valence-corrected chi connectivity index (χ1v) is 6.71. The molecule has 0 amide bonds. The molecule has 0 bridgehead atoms. The Balaban J connectivity index is 2.29. The molecule has 0 aliphatic carbocycles. The quantitative estimate of drug-likeness (QED) is 0.723. The average Bonchev–Trinajstić information content (AvgIpc) is 2.66. The van der Waals surface area contributed by atoms with Crippen molar-refractivity contribution in [2.45, 2.75) is 26.5 Å². The summed E-state index contributed by atoms with van der Waals surface area (Å²) in [6.07, 6.45) is 3.27. The van der Waals surface area contributed by atoms with Crippen molar-refractivity contribution in [2.75, 3.05) is 12.4 Å². The van der Waals surface area contributed by atoms with Gasteiger partial charge < -0.3 is 4.74 Å². The van der Waals surface area contributed by atoms with Crippen LogP contribution in [0.1, 0.15) is 19.4 Å². The summed E-state index contributed by atoms with van der Waals surface area (Å²) in [6.45, 7) is 4.19. The molecule has 1 rings (SSSR count). The largest absolute Gasteiger partial charge is 0.378 e. The lowest BCUT2D eigenvalue weighted by Gasteiger charge is -2.08. The molecular formula is C9H17N3O3S. The monoisotopic (exact) mass is 247 g/mol. The van der Waals surface area contributed by atoms with Gasteiger partial charge in [-0.1, -0.05) is 0 Å². The lowest BCUT2D eigenvalue weighted by atomic mass is 10.4. The first-order chi connectivity index (χ1) is 7.49. The van der Waals surface area contributed by atoms with E-state index in [0.29, 0.717) is 0 Å². The molecule has 0 atom stereocenters. The number of hydrogen-bond acceptors (Lipinski definition) is 4. The third-order valence-corrected chi connectivity index (χ3v) is 3.14. The van der Waals surface area contributed by atoms with E-state index in [1.807, 2.05) is 13.8 Å². The van der Waals surface area contributed by atoms with Crippen LogP contribution in [0.5, 0.6) is 0 Å². The zero-order chi connectivity index (χ0) is 12.0. The fraction of sp³-hybridized carbons (Fsp3) is 0.667. The predicted octanol–water partition coefficient (Wildman–Crippen LogP) is 0.254. The summed E-state index contributed by atoms with van der Waals surface area (Å²) in [4.78, 5) is 0. The van der Waals surface area contributed by atoms with E-state index in [4.69, 9.17) is 4.74 Å². The van der Waals surface area contributed by atoms with Crippen molar-refractivity contribution in [3.63, 3.8) is 0 Å². The normalized spacial score (nSPS) is 12.2. The molecule has 1 aromatic heterocycles. The molecule has 7 heteroatoms. The Morgan fingerprint density at radius 3 is 2.88 bits per heavy atom. The molecule has 2 N–H and O–H groups in total. The Kier molecular flexibility index (Phi) is 4.91. The highest BCUT2D eigenvalue weighted by molar-refractivity contribution is 7.89. The van der Waals surface area contributed by atoms with E-state index in [2.05, 4.69) is 14.9 Å². The highest BCUT2D eigenvalue weighted by atomic mass is 32.2. The summed E-state index contributed by atoms with van der Waals surface area (Å²) >= 11 is 0. The van der Waals surface area contributed by atoms with Crippen LogP contribution in [-0.4, -0.2) is 37.1 Å². The van der Waals surface area contributed by atoms with Gasteiger partial charge in [0, 0.05) is 18.3 Å². The van der Waals surface area contributed by atoms with Crippen LogP contribution >= 0.6 is 0 Å². The second-order valence-corrected chi connectivity index (χ2v) is 5.59. The third-order valence-electron chi connectivity index (χ3n) is 1.85. The first-order valence-electron chi connectivity index (χ1n) is 5.06. The molecule has 0 saturated heterocycles. The molecule has 92 valence electrons. The van der Waals surface area contributed by atoms with Crippen molar-refractivity contribution in [1.29, 1.82) is 0 Å². The number of rotatable bonds is 7. The van der Waals surface area contributed by atoms with E-state index >= 15 is 0 Å². The lowest BCUT2D eigenvalue weighted by molar-refractivity contribution is 0.0911. The molecule has 0 aromatic carbocycles.